The van der Waals surface area contributed by atoms with Gasteiger partial charge in [-0.1, -0.05) is 11.6 Å². The maximum absolute atomic E-state index is 5.94. The van der Waals surface area contributed by atoms with E-state index in [-0.39, 0.29) is 0 Å². The van der Waals surface area contributed by atoms with Crippen molar-refractivity contribution < 1.29 is 0 Å². The van der Waals surface area contributed by atoms with Crippen LogP contribution in [0.4, 0.5) is 5.82 Å². The number of aryl methyl sites for hydroxylation is 1. The van der Waals surface area contributed by atoms with Crippen LogP contribution in [0.2, 0.25) is 5.15 Å². The molecule has 1 saturated heterocycles. The lowest BCUT2D eigenvalue weighted by molar-refractivity contribution is 0.480. The molecule has 0 saturated carbocycles. The van der Waals surface area contributed by atoms with Crippen LogP contribution in [0, 0.1) is 6.92 Å². The van der Waals surface area contributed by atoms with Crippen molar-refractivity contribution in [1.29, 1.82) is 0 Å². The Kier molecular flexibility index (Phi) is 3.10. The SMILES string of the molecule is Cc1nc(Cl)cc(N2CCCCC2C)n1. The molecule has 4 heteroatoms. The number of piperidine rings is 1. The number of hydrogen-bond donors (Lipinski definition) is 0. The van der Waals surface area contributed by atoms with Crippen molar-refractivity contribution in [3.63, 3.8) is 0 Å². The fourth-order valence-electron chi connectivity index (χ4n) is 2.10. The third-order valence-electron chi connectivity index (χ3n) is 2.89. The Balaban J connectivity index is 2.27. The summed E-state index contributed by atoms with van der Waals surface area (Å²) in [6, 6.07) is 2.42. The largest absolute Gasteiger partial charge is 0.354 e. The molecule has 1 aromatic rings. The first kappa shape index (κ1) is 10.7. The third-order valence-corrected chi connectivity index (χ3v) is 3.08. The smallest absolute Gasteiger partial charge is 0.134 e. The molecule has 3 nitrogen and oxygen atoms in total. The van der Waals surface area contributed by atoms with Crippen molar-refractivity contribution in [2.24, 2.45) is 0 Å². The van der Waals surface area contributed by atoms with Gasteiger partial charge in [-0.2, -0.15) is 0 Å². The third kappa shape index (κ3) is 2.40. The molecule has 1 aromatic heterocycles. The standard InChI is InChI=1S/C11H16ClN3/c1-8-5-3-4-6-15(8)11-7-10(12)13-9(2)14-11/h7-8H,3-6H2,1-2H3. The van der Waals surface area contributed by atoms with Gasteiger partial charge in [-0.05, 0) is 33.1 Å². The van der Waals surface area contributed by atoms with Gasteiger partial charge in [-0.25, -0.2) is 9.97 Å². The number of halogens is 1. The van der Waals surface area contributed by atoms with Crippen LogP contribution in [0.5, 0.6) is 0 Å². The molecule has 0 amide bonds. The molecule has 1 unspecified atom stereocenters. The fourth-order valence-corrected chi connectivity index (χ4v) is 2.32. The van der Waals surface area contributed by atoms with Gasteiger partial charge in [0.2, 0.25) is 0 Å². The summed E-state index contributed by atoms with van der Waals surface area (Å²) in [4.78, 5) is 10.8. The highest BCUT2D eigenvalue weighted by Gasteiger charge is 2.20. The first-order valence-electron chi connectivity index (χ1n) is 5.44. The summed E-state index contributed by atoms with van der Waals surface area (Å²) in [5.41, 5.74) is 0. The van der Waals surface area contributed by atoms with Crippen LogP contribution in [-0.4, -0.2) is 22.6 Å². The fraction of sp³-hybridized carbons (Fsp3) is 0.636. The van der Waals surface area contributed by atoms with Gasteiger partial charge in [0, 0.05) is 18.7 Å². The average Bonchev–Trinajstić information content (AvgIpc) is 2.16. The van der Waals surface area contributed by atoms with Gasteiger partial charge in [-0.15, -0.1) is 0 Å². The molecule has 0 aromatic carbocycles. The maximum atomic E-state index is 5.94. The van der Waals surface area contributed by atoms with Crippen molar-refractivity contribution in [2.75, 3.05) is 11.4 Å². The van der Waals surface area contributed by atoms with Crippen LogP contribution in [0.1, 0.15) is 32.0 Å². The second kappa shape index (κ2) is 4.35. The second-order valence-electron chi connectivity index (χ2n) is 4.13. The van der Waals surface area contributed by atoms with Gasteiger partial charge < -0.3 is 4.90 Å². The first-order valence-corrected chi connectivity index (χ1v) is 5.82. The lowest BCUT2D eigenvalue weighted by Crippen LogP contribution is -2.38. The van der Waals surface area contributed by atoms with Gasteiger partial charge in [0.15, 0.2) is 0 Å². The van der Waals surface area contributed by atoms with Crippen LogP contribution >= 0.6 is 11.6 Å². The van der Waals surface area contributed by atoms with E-state index in [2.05, 4.69) is 21.8 Å². The molecule has 0 bridgehead atoms. The van der Waals surface area contributed by atoms with Crippen LogP contribution < -0.4 is 4.90 Å². The molecule has 0 radical (unpaired) electrons. The van der Waals surface area contributed by atoms with Crippen molar-refractivity contribution in [2.45, 2.75) is 39.2 Å². The topological polar surface area (TPSA) is 29.0 Å². The number of hydrogen-bond acceptors (Lipinski definition) is 3. The minimum absolute atomic E-state index is 0.537. The van der Waals surface area contributed by atoms with Gasteiger partial charge >= 0.3 is 0 Å². The molecule has 15 heavy (non-hydrogen) atoms. The number of nitrogens with zero attached hydrogens (tertiary/aromatic N) is 3. The average molecular weight is 226 g/mol. The van der Waals surface area contributed by atoms with Gasteiger partial charge in [0.1, 0.15) is 16.8 Å². The van der Waals surface area contributed by atoms with E-state index in [0.717, 1.165) is 18.2 Å². The predicted octanol–water partition coefficient (Wildman–Crippen LogP) is 2.82. The zero-order valence-corrected chi connectivity index (χ0v) is 9.96. The Morgan fingerprint density at radius 2 is 2.20 bits per heavy atom. The number of aromatic nitrogens is 2. The normalized spacial score (nSPS) is 21.8. The summed E-state index contributed by atoms with van der Waals surface area (Å²) < 4.78 is 0. The highest BCUT2D eigenvalue weighted by molar-refractivity contribution is 6.29. The Hall–Kier alpha value is -0.830. The molecular weight excluding hydrogens is 210 g/mol. The van der Waals surface area contributed by atoms with E-state index in [1.807, 2.05) is 13.0 Å². The van der Waals surface area contributed by atoms with E-state index in [1.54, 1.807) is 0 Å². The van der Waals surface area contributed by atoms with Crippen molar-refractivity contribution in [3.8, 4) is 0 Å². The van der Waals surface area contributed by atoms with Gasteiger partial charge in [0.25, 0.3) is 0 Å². The van der Waals surface area contributed by atoms with Crippen LogP contribution in [0.3, 0.4) is 0 Å². The molecule has 0 N–H and O–H groups in total. The Morgan fingerprint density at radius 1 is 1.40 bits per heavy atom. The molecule has 2 rings (SSSR count). The van der Waals surface area contributed by atoms with Crippen molar-refractivity contribution in [3.05, 3.63) is 17.0 Å². The van der Waals surface area contributed by atoms with E-state index >= 15 is 0 Å². The summed E-state index contributed by atoms with van der Waals surface area (Å²) in [7, 11) is 0. The summed E-state index contributed by atoms with van der Waals surface area (Å²) in [6.45, 7) is 5.20. The first-order chi connectivity index (χ1) is 7.16. The molecule has 0 aliphatic carbocycles. The number of anilines is 1. The lowest BCUT2D eigenvalue weighted by atomic mass is 10.0. The summed E-state index contributed by atoms with van der Waals surface area (Å²) in [5.74, 6) is 1.72. The monoisotopic (exact) mass is 225 g/mol. The highest BCUT2D eigenvalue weighted by Crippen LogP contribution is 2.24. The minimum Gasteiger partial charge on any atom is -0.354 e. The van der Waals surface area contributed by atoms with E-state index in [4.69, 9.17) is 11.6 Å². The maximum Gasteiger partial charge on any atom is 0.134 e. The molecule has 1 aliphatic heterocycles. The van der Waals surface area contributed by atoms with Crippen LogP contribution in [-0.2, 0) is 0 Å². The quantitative estimate of drug-likeness (QED) is 0.689. The van der Waals surface area contributed by atoms with E-state index in [1.165, 1.54) is 19.3 Å². The van der Waals surface area contributed by atoms with E-state index < -0.39 is 0 Å². The Labute approximate surface area is 95.5 Å². The van der Waals surface area contributed by atoms with E-state index in [0.29, 0.717) is 11.2 Å². The van der Waals surface area contributed by atoms with Crippen molar-refractivity contribution >= 4 is 17.4 Å². The molecule has 1 atom stereocenters. The van der Waals surface area contributed by atoms with Crippen molar-refractivity contribution in [1.82, 2.24) is 9.97 Å². The molecule has 1 fully saturated rings. The Bertz CT molecular complexity index is 333. The zero-order valence-electron chi connectivity index (χ0n) is 9.20. The van der Waals surface area contributed by atoms with Crippen LogP contribution in [0.15, 0.2) is 6.07 Å². The zero-order chi connectivity index (χ0) is 10.8. The molecule has 2 heterocycles. The lowest BCUT2D eigenvalue weighted by Gasteiger charge is -2.34. The van der Waals surface area contributed by atoms with Crippen LogP contribution in [0.25, 0.3) is 0 Å². The molecule has 1 aliphatic rings. The summed E-state index contributed by atoms with van der Waals surface area (Å²) in [5, 5.41) is 0.537. The molecular formula is C11H16ClN3. The number of rotatable bonds is 1. The Morgan fingerprint density at radius 3 is 2.87 bits per heavy atom. The summed E-state index contributed by atoms with van der Waals surface area (Å²) >= 11 is 5.94. The minimum atomic E-state index is 0.537. The highest BCUT2D eigenvalue weighted by atomic mass is 35.5. The predicted molar refractivity (Wildman–Crippen MR) is 62.4 cm³/mol. The second-order valence-corrected chi connectivity index (χ2v) is 4.52. The van der Waals surface area contributed by atoms with E-state index in [9.17, 15) is 0 Å². The molecule has 82 valence electrons. The van der Waals surface area contributed by atoms with Gasteiger partial charge in [0.05, 0.1) is 0 Å². The summed E-state index contributed by atoms with van der Waals surface area (Å²) in [6.07, 6.45) is 3.79. The molecule has 0 spiro atoms. The van der Waals surface area contributed by atoms with Gasteiger partial charge in [-0.3, -0.25) is 0 Å².